The van der Waals surface area contributed by atoms with Crippen molar-refractivity contribution in [3.05, 3.63) is 59.1 Å². The van der Waals surface area contributed by atoms with Crippen molar-refractivity contribution < 1.29 is 14.4 Å². The van der Waals surface area contributed by atoms with Crippen molar-refractivity contribution in [3.63, 3.8) is 0 Å². The van der Waals surface area contributed by atoms with Gasteiger partial charge in [-0.25, -0.2) is 9.97 Å². The normalized spacial score (nSPS) is 14.1. The molecule has 1 fully saturated rings. The number of nitrogens with one attached hydrogen (secondary N) is 2. The number of carbonyl (C=O) groups is 3. The van der Waals surface area contributed by atoms with Gasteiger partial charge in [0.1, 0.15) is 0 Å². The van der Waals surface area contributed by atoms with Crippen LogP contribution in [0.5, 0.6) is 0 Å². The van der Waals surface area contributed by atoms with Crippen LogP contribution in [0.3, 0.4) is 0 Å². The van der Waals surface area contributed by atoms with Crippen LogP contribution in [0, 0.1) is 0 Å². The molecule has 10 nitrogen and oxygen atoms in total. The van der Waals surface area contributed by atoms with Crippen LogP contribution in [0.4, 0.5) is 11.5 Å². The summed E-state index contributed by atoms with van der Waals surface area (Å²) in [5.74, 6) is -0.695. The van der Waals surface area contributed by atoms with E-state index in [-0.39, 0.29) is 30.0 Å². The number of primary amides is 1. The molecule has 39 heavy (non-hydrogen) atoms. The highest BCUT2D eigenvalue weighted by Gasteiger charge is 2.18. The average molecular weight is 536 g/mol. The Morgan fingerprint density at radius 3 is 2.59 bits per heavy atom. The topological polar surface area (TPSA) is 134 Å². The van der Waals surface area contributed by atoms with Gasteiger partial charge in [0, 0.05) is 31.9 Å². The maximum atomic E-state index is 12.5. The zero-order valence-corrected chi connectivity index (χ0v) is 23.5. The first-order chi connectivity index (χ1) is 18.7. The molecule has 3 amide bonds. The van der Waals surface area contributed by atoms with Gasteiger partial charge in [-0.15, -0.1) is 0 Å². The Hall–Kier alpha value is -3.79. The fourth-order valence-corrected chi connectivity index (χ4v) is 4.27. The molecule has 4 N–H and O–H groups in total. The second kappa shape index (κ2) is 14.4. The van der Waals surface area contributed by atoms with Gasteiger partial charge >= 0.3 is 0 Å². The largest absolute Gasteiger partial charge is 0.364 e. The van der Waals surface area contributed by atoms with Crippen molar-refractivity contribution in [2.45, 2.75) is 52.4 Å². The number of nitrogens with two attached hydrogens (primary N) is 1. The number of hydrogen-bond acceptors (Lipinski definition) is 7. The number of anilines is 2. The van der Waals surface area contributed by atoms with Gasteiger partial charge in [-0.2, -0.15) is 0 Å². The zero-order chi connectivity index (χ0) is 28.4. The molecule has 3 rings (SSSR count). The van der Waals surface area contributed by atoms with Crippen LogP contribution in [0.15, 0.2) is 36.4 Å². The van der Waals surface area contributed by atoms with Crippen molar-refractivity contribution >= 4 is 29.2 Å². The van der Waals surface area contributed by atoms with Crippen molar-refractivity contribution in [3.8, 4) is 0 Å². The summed E-state index contributed by atoms with van der Waals surface area (Å²) in [6.45, 7) is 9.37. The summed E-state index contributed by atoms with van der Waals surface area (Å²) in [6, 6.07) is 7.71. The molecule has 1 aliphatic rings. The van der Waals surface area contributed by atoms with E-state index in [1.165, 1.54) is 17.4 Å². The van der Waals surface area contributed by atoms with Gasteiger partial charge in [0.2, 0.25) is 11.8 Å². The number of benzene rings is 1. The highest BCUT2D eigenvalue weighted by molar-refractivity contribution is 5.96. The average Bonchev–Trinajstić information content (AvgIpc) is 2.88. The van der Waals surface area contributed by atoms with Gasteiger partial charge in [-0.1, -0.05) is 45.4 Å². The van der Waals surface area contributed by atoms with Crippen LogP contribution >= 0.6 is 0 Å². The zero-order valence-electron chi connectivity index (χ0n) is 23.5. The third-order valence-corrected chi connectivity index (χ3v) is 6.76. The first-order valence-electron chi connectivity index (χ1n) is 13.7. The molecule has 0 aliphatic carbocycles. The number of carbonyl (C=O) groups excluding carboxylic acids is 3. The summed E-state index contributed by atoms with van der Waals surface area (Å²) in [5, 5.41) is 6.14. The molecule has 1 aromatic carbocycles. The van der Waals surface area contributed by atoms with Gasteiger partial charge in [-0.05, 0) is 56.0 Å². The lowest BCUT2D eigenvalue weighted by atomic mass is 10.0. The third-order valence-electron chi connectivity index (χ3n) is 6.76. The number of hydrogen-bond donors (Lipinski definition) is 3. The Kier molecular flexibility index (Phi) is 11.0. The van der Waals surface area contributed by atoms with Gasteiger partial charge in [0.05, 0.1) is 17.9 Å². The first-order valence-corrected chi connectivity index (χ1v) is 13.7. The van der Waals surface area contributed by atoms with Crippen LogP contribution in [0.1, 0.15) is 67.0 Å². The summed E-state index contributed by atoms with van der Waals surface area (Å²) in [6.07, 6.45) is 6.92. The maximum Gasteiger partial charge on any atom is 0.271 e. The number of amides is 3. The molecule has 10 heteroatoms. The summed E-state index contributed by atoms with van der Waals surface area (Å²) < 4.78 is 0. The second-order valence-corrected chi connectivity index (χ2v) is 9.99. The monoisotopic (exact) mass is 535 g/mol. The van der Waals surface area contributed by atoms with Crippen molar-refractivity contribution in [2.24, 2.45) is 5.73 Å². The molecular formula is C29H41N7O3. The lowest BCUT2D eigenvalue weighted by Gasteiger charge is -2.29. The van der Waals surface area contributed by atoms with Crippen molar-refractivity contribution in [1.29, 1.82) is 0 Å². The van der Waals surface area contributed by atoms with Crippen LogP contribution in [-0.4, -0.2) is 77.3 Å². The number of rotatable bonds is 14. The summed E-state index contributed by atoms with van der Waals surface area (Å²) in [7, 11) is 1.62. The van der Waals surface area contributed by atoms with E-state index in [1.807, 2.05) is 44.2 Å². The molecule has 1 aliphatic heterocycles. The van der Waals surface area contributed by atoms with E-state index in [9.17, 15) is 14.4 Å². The minimum Gasteiger partial charge on any atom is -0.364 e. The Bertz CT molecular complexity index is 1190. The molecular weight excluding hydrogens is 494 g/mol. The van der Waals surface area contributed by atoms with E-state index in [2.05, 4.69) is 32.4 Å². The molecule has 0 spiro atoms. The number of likely N-dealkylation sites (N-methyl/N-ethyl adjacent to an activating group) is 1. The Morgan fingerprint density at radius 2 is 1.95 bits per heavy atom. The fourth-order valence-electron chi connectivity index (χ4n) is 4.27. The molecule has 0 saturated carbocycles. The predicted octanol–water partition coefficient (Wildman–Crippen LogP) is 2.77. The van der Waals surface area contributed by atoms with E-state index < -0.39 is 5.91 Å². The molecule has 0 radical (unpaired) electrons. The van der Waals surface area contributed by atoms with E-state index in [1.54, 1.807) is 7.05 Å². The van der Waals surface area contributed by atoms with Crippen LogP contribution in [-0.2, 0) is 22.4 Å². The summed E-state index contributed by atoms with van der Waals surface area (Å²) in [5.41, 5.74) is 9.09. The van der Waals surface area contributed by atoms with E-state index >= 15 is 0 Å². The molecule has 210 valence electrons. The number of aromatic nitrogens is 2. The number of aryl methyl sites for hydroxylation is 2. The molecule has 0 unspecified atom stereocenters. The van der Waals surface area contributed by atoms with Crippen LogP contribution < -0.4 is 16.4 Å². The molecule has 0 bridgehead atoms. The first kappa shape index (κ1) is 29.8. The lowest BCUT2D eigenvalue weighted by Crippen LogP contribution is -2.39. The van der Waals surface area contributed by atoms with Crippen LogP contribution in [0.2, 0.25) is 0 Å². The smallest absolute Gasteiger partial charge is 0.271 e. The Labute approximate surface area is 231 Å². The fraction of sp³-hybridized carbons (Fsp3) is 0.483. The highest BCUT2D eigenvalue weighted by Crippen LogP contribution is 2.24. The Morgan fingerprint density at radius 1 is 1.18 bits per heavy atom. The van der Waals surface area contributed by atoms with Gasteiger partial charge in [0.25, 0.3) is 5.91 Å². The van der Waals surface area contributed by atoms with E-state index in [4.69, 9.17) is 5.73 Å². The minimum absolute atomic E-state index is 0.00736. The summed E-state index contributed by atoms with van der Waals surface area (Å²) in [4.78, 5) is 49.7. The van der Waals surface area contributed by atoms with Crippen molar-refractivity contribution in [1.82, 2.24) is 25.1 Å². The maximum absolute atomic E-state index is 12.5. The van der Waals surface area contributed by atoms with Gasteiger partial charge in [-0.3, -0.25) is 19.3 Å². The quantitative estimate of drug-likeness (QED) is 0.317. The second-order valence-electron chi connectivity index (χ2n) is 9.99. The number of nitrogens with zero attached hydrogens (tertiary/aromatic N) is 4. The summed E-state index contributed by atoms with van der Waals surface area (Å²) >= 11 is 0. The van der Waals surface area contributed by atoms with Crippen molar-refractivity contribution in [2.75, 3.05) is 45.1 Å². The van der Waals surface area contributed by atoms with E-state index in [0.29, 0.717) is 18.8 Å². The highest BCUT2D eigenvalue weighted by atomic mass is 16.2. The van der Waals surface area contributed by atoms with Gasteiger partial charge < -0.3 is 21.3 Å². The molecule has 1 saturated heterocycles. The van der Waals surface area contributed by atoms with E-state index in [0.717, 1.165) is 55.1 Å². The molecule has 2 aromatic rings. The third kappa shape index (κ3) is 8.61. The molecule has 1 atom stereocenters. The minimum atomic E-state index is -0.634. The SMILES string of the molecule is CCCc1nc(Nc2cccc([C@@H](C)CNC(=O)CN(C)C(=O)/C=C/CN3CCC3)c2)c(C(N)=O)nc1CC. The number of likely N-dealkylation sites (tertiary alicyclic amines) is 1. The molecule has 1 aromatic heterocycles. The predicted molar refractivity (Wildman–Crippen MR) is 153 cm³/mol. The lowest BCUT2D eigenvalue weighted by molar-refractivity contribution is -0.131. The Balaban J connectivity index is 1.58. The van der Waals surface area contributed by atoms with Crippen LogP contribution in [0.25, 0.3) is 0 Å². The molecule has 2 heterocycles. The standard InChI is InChI=1S/C29H41N7O3/c1-5-10-24-23(6-2)33-27(28(30)39)29(34-24)32-22-12-7-11-21(17-22)20(3)18-31-25(37)19-35(4)26(38)13-8-14-36-15-9-16-36/h7-8,11-13,17,20H,5-6,9-10,14-16,18-19H2,1-4H3,(H2,30,39)(H,31,37)(H,32,34)/b13-8+/t20-/m0/s1. The van der Waals surface area contributed by atoms with Gasteiger partial charge in [0.15, 0.2) is 11.5 Å².